The van der Waals surface area contributed by atoms with Crippen molar-refractivity contribution in [1.82, 2.24) is 20.4 Å². The minimum absolute atomic E-state index is 0. The molecule has 0 aromatic rings. The number of aliphatic imine (C=N–C) groups is 1. The molecule has 21 heavy (non-hydrogen) atoms. The van der Waals surface area contributed by atoms with Crippen molar-refractivity contribution in [3.8, 4) is 0 Å². The topological polar surface area (TPSA) is 42.9 Å². The Labute approximate surface area is 148 Å². The molecule has 1 unspecified atom stereocenters. The first kappa shape index (κ1) is 20.9. The first-order valence-corrected chi connectivity index (χ1v) is 7.97. The van der Waals surface area contributed by atoms with Gasteiger partial charge < -0.3 is 15.5 Å². The van der Waals surface area contributed by atoms with Crippen LogP contribution in [0.3, 0.4) is 0 Å². The largest absolute Gasteiger partial charge is 0.355 e. The highest BCUT2D eigenvalue weighted by atomic mass is 127. The van der Waals surface area contributed by atoms with Crippen LogP contribution in [0, 0.1) is 0 Å². The van der Waals surface area contributed by atoms with Gasteiger partial charge in [0.2, 0.25) is 0 Å². The van der Waals surface area contributed by atoms with E-state index in [1.165, 1.54) is 19.4 Å². The van der Waals surface area contributed by atoms with Crippen molar-refractivity contribution < 1.29 is 0 Å². The van der Waals surface area contributed by atoms with Crippen LogP contribution in [0.2, 0.25) is 0 Å². The minimum atomic E-state index is 0. The van der Waals surface area contributed by atoms with E-state index in [1.807, 2.05) is 7.05 Å². The van der Waals surface area contributed by atoms with Gasteiger partial charge in [0.15, 0.2) is 5.96 Å². The normalized spacial score (nSPS) is 20.0. The van der Waals surface area contributed by atoms with Crippen molar-refractivity contribution >= 4 is 29.9 Å². The Morgan fingerprint density at radius 1 is 1.38 bits per heavy atom. The number of halogens is 1. The number of hydrogen-bond donors (Lipinski definition) is 2. The molecule has 1 aliphatic heterocycles. The number of likely N-dealkylation sites (N-methyl/N-ethyl adjacent to an activating group) is 2. The Kier molecular flexibility index (Phi) is 11.4. The van der Waals surface area contributed by atoms with E-state index >= 15 is 0 Å². The summed E-state index contributed by atoms with van der Waals surface area (Å²) in [6.07, 6.45) is 2.62. The minimum Gasteiger partial charge on any atom is -0.355 e. The third kappa shape index (κ3) is 7.65. The lowest BCUT2D eigenvalue weighted by Gasteiger charge is -2.25. The fourth-order valence-electron chi connectivity index (χ4n) is 2.59. The molecule has 1 rings (SSSR count). The second-order valence-electron chi connectivity index (χ2n) is 5.88. The molecule has 0 spiro atoms. The first-order chi connectivity index (χ1) is 9.58. The van der Waals surface area contributed by atoms with Gasteiger partial charge in [-0.25, -0.2) is 0 Å². The monoisotopic (exact) mass is 411 g/mol. The van der Waals surface area contributed by atoms with Crippen molar-refractivity contribution in [3.63, 3.8) is 0 Å². The lowest BCUT2D eigenvalue weighted by molar-refractivity contribution is 0.266. The summed E-state index contributed by atoms with van der Waals surface area (Å²) in [7, 11) is 3.99. The zero-order valence-corrected chi connectivity index (χ0v) is 16.7. The van der Waals surface area contributed by atoms with Gasteiger partial charge in [0.05, 0.1) is 0 Å². The van der Waals surface area contributed by atoms with Gasteiger partial charge in [-0.15, -0.1) is 24.0 Å². The predicted octanol–water partition coefficient (Wildman–Crippen LogP) is 1.59. The summed E-state index contributed by atoms with van der Waals surface area (Å²) in [5.41, 5.74) is 0. The van der Waals surface area contributed by atoms with Crippen LogP contribution in [0.25, 0.3) is 0 Å². The second kappa shape index (κ2) is 11.5. The molecule has 1 saturated heterocycles. The van der Waals surface area contributed by atoms with Gasteiger partial charge in [0.1, 0.15) is 0 Å². The zero-order valence-electron chi connectivity index (χ0n) is 14.4. The SMILES string of the molecule is CCN1CCCC1CNC(=NC)NCCN(C)C(C)C.I. The Hall–Kier alpha value is -0.0800. The number of likely N-dealkylation sites (tertiary alicyclic amines) is 1. The molecule has 5 nitrogen and oxygen atoms in total. The highest BCUT2D eigenvalue weighted by Crippen LogP contribution is 2.15. The van der Waals surface area contributed by atoms with E-state index in [1.54, 1.807) is 0 Å². The van der Waals surface area contributed by atoms with Gasteiger partial charge in [0.25, 0.3) is 0 Å². The maximum absolute atomic E-state index is 4.30. The maximum Gasteiger partial charge on any atom is 0.191 e. The van der Waals surface area contributed by atoms with Gasteiger partial charge in [-0.1, -0.05) is 6.92 Å². The van der Waals surface area contributed by atoms with E-state index in [9.17, 15) is 0 Å². The van der Waals surface area contributed by atoms with Crippen LogP contribution in [-0.4, -0.2) is 74.7 Å². The lowest BCUT2D eigenvalue weighted by Crippen LogP contribution is -2.46. The smallest absolute Gasteiger partial charge is 0.191 e. The Morgan fingerprint density at radius 2 is 2.10 bits per heavy atom. The molecule has 1 atom stereocenters. The number of nitrogens with one attached hydrogen (secondary N) is 2. The molecule has 0 aliphatic carbocycles. The third-order valence-electron chi connectivity index (χ3n) is 4.27. The molecule has 1 aliphatic rings. The zero-order chi connectivity index (χ0) is 15.0. The average molecular weight is 411 g/mol. The van der Waals surface area contributed by atoms with Crippen LogP contribution in [0.5, 0.6) is 0 Å². The van der Waals surface area contributed by atoms with Crippen LogP contribution < -0.4 is 10.6 Å². The van der Waals surface area contributed by atoms with E-state index < -0.39 is 0 Å². The van der Waals surface area contributed by atoms with Gasteiger partial charge in [-0.2, -0.15) is 0 Å². The van der Waals surface area contributed by atoms with Gasteiger partial charge in [0, 0.05) is 38.8 Å². The van der Waals surface area contributed by atoms with E-state index in [-0.39, 0.29) is 24.0 Å². The van der Waals surface area contributed by atoms with Crippen LogP contribution >= 0.6 is 24.0 Å². The molecule has 1 heterocycles. The molecule has 0 amide bonds. The molecule has 0 aromatic heterocycles. The highest BCUT2D eigenvalue weighted by molar-refractivity contribution is 14.0. The number of nitrogens with zero attached hydrogens (tertiary/aromatic N) is 3. The molecular formula is C15H34IN5. The van der Waals surface area contributed by atoms with Crippen LogP contribution in [-0.2, 0) is 0 Å². The molecular weight excluding hydrogens is 377 g/mol. The Morgan fingerprint density at radius 3 is 2.67 bits per heavy atom. The molecule has 126 valence electrons. The molecule has 0 bridgehead atoms. The van der Waals surface area contributed by atoms with Gasteiger partial charge in [-0.3, -0.25) is 9.89 Å². The molecule has 1 fully saturated rings. The lowest BCUT2D eigenvalue weighted by atomic mass is 10.2. The number of hydrogen-bond acceptors (Lipinski definition) is 3. The summed E-state index contributed by atoms with van der Waals surface area (Å²) < 4.78 is 0. The van der Waals surface area contributed by atoms with Gasteiger partial charge in [-0.05, 0) is 46.8 Å². The van der Waals surface area contributed by atoms with Gasteiger partial charge >= 0.3 is 0 Å². The Balaban J connectivity index is 0.00000400. The number of guanidine groups is 1. The van der Waals surface area contributed by atoms with E-state index in [4.69, 9.17) is 0 Å². The van der Waals surface area contributed by atoms with E-state index in [0.29, 0.717) is 12.1 Å². The average Bonchev–Trinajstić information content (AvgIpc) is 2.89. The maximum atomic E-state index is 4.30. The molecule has 6 heteroatoms. The van der Waals surface area contributed by atoms with E-state index in [0.717, 1.165) is 32.1 Å². The van der Waals surface area contributed by atoms with Crippen molar-refractivity contribution in [2.24, 2.45) is 4.99 Å². The van der Waals surface area contributed by atoms with Crippen molar-refractivity contribution in [1.29, 1.82) is 0 Å². The molecule has 0 saturated carbocycles. The van der Waals surface area contributed by atoms with Crippen molar-refractivity contribution in [2.45, 2.75) is 45.7 Å². The standard InChI is InChI=1S/C15H33N5.HI/c1-6-20-10-7-8-14(20)12-18-15(16-4)17-9-11-19(5)13(2)3;/h13-14H,6-12H2,1-5H3,(H2,16,17,18);1H. The predicted molar refractivity (Wildman–Crippen MR) is 103 cm³/mol. The van der Waals surface area contributed by atoms with Crippen molar-refractivity contribution in [3.05, 3.63) is 0 Å². The quantitative estimate of drug-likeness (QED) is 0.380. The first-order valence-electron chi connectivity index (χ1n) is 7.97. The van der Waals surface area contributed by atoms with E-state index in [2.05, 4.69) is 53.2 Å². The Bertz CT molecular complexity index is 296. The van der Waals surface area contributed by atoms with Crippen molar-refractivity contribution in [2.75, 3.05) is 46.8 Å². The molecule has 2 N–H and O–H groups in total. The summed E-state index contributed by atoms with van der Waals surface area (Å²) in [6, 6.07) is 1.25. The summed E-state index contributed by atoms with van der Waals surface area (Å²) in [5, 5.41) is 6.85. The van der Waals surface area contributed by atoms with Crippen LogP contribution in [0.1, 0.15) is 33.6 Å². The fraction of sp³-hybridized carbons (Fsp3) is 0.933. The third-order valence-corrected chi connectivity index (χ3v) is 4.27. The molecule has 0 radical (unpaired) electrons. The van der Waals surface area contributed by atoms with Crippen LogP contribution in [0.4, 0.5) is 0 Å². The number of rotatable bonds is 7. The summed E-state index contributed by atoms with van der Waals surface area (Å²) in [6.45, 7) is 12.0. The molecule has 0 aromatic carbocycles. The summed E-state index contributed by atoms with van der Waals surface area (Å²) in [5.74, 6) is 0.921. The van der Waals surface area contributed by atoms with Crippen LogP contribution in [0.15, 0.2) is 4.99 Å². The highest BCUT2D eigenvalue weighted by Gasteiger charge is 2.22. The second-order valence-corrected chi connectivity index (χ2v) is 5.88. The summed E-state index contributed by atoms with van der Waals surface area (Å²) in [4.78, 5) is 9.18. The summed E-state index contributed by atoms with van der Waals surface area (Å²) >= 11 is 0. The fourth-order valence-corrected chi connectivity index (χ4v) is 2.59.